The van der Waals surface area contributed by atoms with E-state index in [2.05, 4.69) is 5.32 Å². The van der Waals surface area contributed by atoms with Crippen LogP contribution in [0.4, 0.5) is 0 Å². The molecular formula is C10H15NO4. The van der Waals surface area contributed by atoms with Gasteiger partial charge in [0.05, 0.1) is 6.26 Å². The molecule has 1 aromatic rings. The predicted molar refractivity (Wildman–Crippen MR) is 53.9 cm³/mol. The van der Waals surface area contributed by atoms with Gasteiger partial charge in [-0.1, -0.05) is 0 Å². The lowest BCUT2D eigenvalue weighted by Gasteiger charge is -2.02. The highest BCUT2D eigenvalue weighted by Crippen LogP contribution is 2.09. The van der Waals surface area contributed by atoms with Gasteiger partial charge in [-0.05, 0) is 19.0 Å². The van der Waals surface area contributed by atoms with E-state index in [-0.39, 0.29) is 5.76 Å². The molecule has 15 heavy (non-hydrogen) atoms. The third-order valence-corrected chi connectivity index (χ3v) is 1.96. The van der Waals surface area contributed by atoms with Crippen molar-refractivity contribution in [1.29, 1.82) is 0 Å². The van der Waals surface area contributed by atoms with Crippen molar-refractivity contribution in [2.45, 2.75) is 13.0 Å². The van der Waals surface area contributed by atoms with Crippen LogP contribution in [0, 0.1) is 0 Å². The summed E-state index contributed by atoms with van der Waals surface area (Å²) in [5, 5.41) is 11.9. The van der Waals surface area contributed by atoms with Gasteiger partial charge in [-0.2, -0.15) is 0 Å². The standard InChI is InChI=1S/C10H15NO4/c1-14-5-2-4-11-7-8-3-6-15-9(8)10(12)13/h3,6,11H,2,4-5,7H2,1H3,(H,12,13). The summed E-state index contributed by atoms with van der Waals surface area (Å²) in [6.45, 7) is 1.99. The van der Waals surface area contributed by atoms with Crippen LogP contribution in [-0.4, -0.2) is 31.3 Å². The van der Waals surface area contributed by atoms with Gasteiger partial charge < -0.3 is 19.6 Å². The SMILES string of the molecule is COCCCNCc1ccoc1C(=O)O. The molecule has 84 valence electrons. The topological polar surface area (TPSA) is 71.7 Å². The van der Waals surface area contributed by atoms with E-state index in [4.69, 9.17) is 14.3 Å². The number of carboxylic acid groups (broad SMARTS) is 1. The van der Waals surface area contributed by atoms with Crippen molar-refractivity contribution in [2.75, 3.05) is 20.3 Å². The average molecular weight is 213 g/mol. The van der Waals surface area contributed by atoms with Crippen molar-refractivity contribution < 1.29 is 19.1 Å². The van der Waals surface area contributed by atoms with Gasteiger partial charge in [0, 0.05) is 25.8 Å². The Kier molecular flexibility index (Phi) is 4.86. The van der Waals surface area contributed by atoms with Gasteiger partial charge >= 0.3 is 5.97 Å². The predicted octanol–water partition coefficient (Wildman–Crippen LogP) is 1.10. The fourth-order valence-corrected chi connectivity index (χ4v) is 1.23. The molecule has 0 aliphatic heterocycles. The first-order chi connectivity index (χ1) is 7.25. The van der Waals surface area contributed by atoms with Crippen LogP contribution in [0.5, 0.6) is 0 Å². The minimum absolute atomic E-state index is 0.00856. The van der Waals surface area contributed by atoms with E-state index in [1.54, 1.807) is 13.2 Å². The molecule has 0 amide bonds. The Hall–Kier alpha value is -1.33. The highest BCUT2D eigenvalue weighted by molar-refractivity contribution is 5.86. The molecule has 0 radical (unpaired) electrons. The van der Waals surface area contributed by atoms with Crippen molar-refractivity contribution in [1.82, 2.24) is 5.32 Å². The van der Waals surface area contributed by atoms with E-state index in [9.17, 15) is 4.79 Å². The number of carboxylic acids is 1. The molecule has 0 spiro atoms. The Bertz CT molecular complexity index is 308. The van der Waals surface area contributed by atoms with Gasteiger partial charge in [0.2, 0.25) is 5.76 Å². The number of furan rings is 1. The van der Waals surface area contributed by atoms with E-state index in [1.807, 2.05) is 0 Å². The number of aromatic carboxylic acids is 1. The molecule has 0 atom stereocenters. The molecule has 2 N–H and O–H groups in total. The van der Waals surface area contributed by atoms with Crippen LogP contribution in [0.2, 0.25) is 0 Å². The second kappa shape index (κ2) is 6.21. The zero-order valence-electron chi connectivity index (χ0n) is 8.66. The number of hydrogen-bond donors (Lipinski definition) is 2. The van der Waals surface area contributed by atoms with E-state index < -0.39 is 5.97 Å². The van der Waals surface area contributed by atoms with Gasteiger partial charge in [0.25, 0.3) is 0 Å². The van der Waals surface area contributed by atoms with Crippen LogP contribution in [0.25, 0.3) is 0 Å². The highest BCUT2D eigenvalue weighted by atomic mass is 16.5. The van der Waals surface area contributed by atoms with Crippen molar-refractivity contribution in [3.05, 3.63) is 23.7 Å². The molecule has 0 aromatic carbocycles. The quantitative estimate of drug-likeness (QED) is 0.664. The fraction of sp³-hybridized carbons (Fsp3) is 0.500. The van der Waals surface area contributed by atoms with Crippen molar-refractivity contribution in [3.8, 4) is 0 Å². The first kappa shape index (κ1) is 11.7. The minimum Gasteiger partial charge on any atom is -0.475 e. The van der Waals surface area contributed by atoms with Crippen LogP contribution in [0.1, 0.15) is 22.5 Å². The van der Waals surface area contributed by atoms with Crippen LogP contribution in [-0.2, 0) is 11.3 Å². The molecule has 0 saturated carbocycles. The summed E-state index contributed by atoms with van der Waals surface area (Å²) in [5.74, 6) is -1.03. The maximum Gasteiger partial charge on any atom is 0.372 e. The van der Waals surface area contributed by atoms with Crippen LogP contribution < -0.4 is 5.32 Å². The van der Waals surface area contributed by atoms with Crippen LogP contribution in [0.3, 0.4) is 0 Å². The summed E-state index contributed by atoms with van der Waals surface area (Å²) < 4.78 is 9.73. The third-order valence-electron chi connectivity index (χ3n) is 1.96. The van der Waals surface area contributed by atoms with Crippen LogP contribution >= 0.6 is 0 Å². The van der Waals surface area contributed by atoms with E-state index in [0.29, 0.717) is 18.7 Å². The molecule has 0 aliphatic rings. The van der Waals surface area contributed by atoms with Gasteiger partial charge in [0.15, 0.2) is 0 Å². The summed E-state index contributed by atoms with van der Waals surface area (Å²) in [4.78, 5) is 10.7. The van der Waals surface area contributed by atoms with E-state index in [0.717, 1.165) is 13.0 Å². The lowest BCUT2D eigenvalue weighted by Crippen LogP contribution is -2.17. The van der Waals surface area contributed by atoms with E-state index >= 15 is 0 Å². The normalized spacial score (nSPS) is 10.5. The number of nitrogens with one attached hydrogen (secondary N) is 1. The molecule has 5 heteroatoms. The molecule has 5 nitrogen and oxygen atoms in total. The molecule has 1 aromatic heterocycles. The summed E-state index contributed by atoms with van der Waals surface area (Å²) in [6, 6.07) is 1.66. The Morgan fingerprint density at radius 3 is 3.13 bits per heavy atom. The molecule has 1 rings (SSSR count). The van der Waals surface area contributed by atoms with E-state index in [1.165, 1.54) is 6.26 Å². The van der Waals surface area contributed by atoms with Crippen LogP contribution in [0.15, 0.2) is 16.7 Å². The monoisotopic (exact) mass is 213 g/mol. The minimum atomic E-state index is -1.03. The van der Waals surface area contributed by atoms with Gasteiger partial charge in [0.1, 0.15) is 0 Å². The molecule has 0 aliphatic carbocycles. The molecular weight excluding hydrogens is 198 g/mol. The Labute approximate surface area is 88.0 Å². The zero-order valence-corrected chi connectivity index (χ0v) is 8.66. The second-order valence-electron chi connectivity index (χ2n) is 3.10. The molecule has 0 saturated heterocycles. The largest absolute Gasteiger partial charge is 0.475 e. The van der Waals surface area contributed by atoms with Gasteiger partial charge in [-0.15, -0.1) is 0 Å². The maximum atomic E-state index is 10.7. The number of methoxy groups -OCH3 is 1. The van der Waals surface area contributed by atoms with Gasteiger partial charge in [-0.3, -0.25) is 0 Å². The number of hydrogen-bond acceptors (Lipinski definition) is 4. The Morgan fingerprint density at radius 2 is 2.47 bits per heavy atom. The number of rotatable bonds is 7. The first-order valence-electron chi connectivity index (χ1n) is 4.75. The molecule has 0 fully saturated rings. The van der Waals surface area contributed by atoms with Gasteiger partial charge in [-0.25, -0.2) is 4.79 Å². The molecule has 0 bridgehead atoms. The molecule has 1 heterocycles. The van der Waals surface area contributed by atoms with Crippen molar-refractivity contribution in [3.63, 3.8) is 0 Å². The lowest BCUT2D eigenvalue weighted by molar-refractivity contribution is 0.0660. The average Bonchev–Trinajstić information content (AvgIpc) is 2.66. The second-order valence-corrected chi connectivity index (χ2v) is 3.10. The summed E-state index contributed by atoms with van der Waals surface area (Å²) >= 11 is 0. The Morgan fingerprint density at radius 1 is 1.67 bits per heavy atom. The Balaban J connectivity index is 2.31. The first-order valence-corrected chi connectivity index (χ1v) is 4.75. The summed E-state index contributed by atoms with van der Waals surface area (Å²) in [5.41, 5.74) is 0.667. The summed E-state index contributed by atoms with van der Waals surface area (Å²) in [6.07, 6.45) is 2.28. The number of ether oxygens (including phenoxy) is 1. The fourth-order valence-electron chi connectivity index (χ4n) is 1.23. The number of carbonyl (C=O) groups is 1. The van der Waals surface area contributed by atoms with Crippen molar-refractivity contribution in [2.24, 2.45) is 0 Å². The smallest absolute Gasteiger partial charge is 0.372 e. The third kappa shape index (κ3) is 3.73. The zero-order chi connectivity index (χ0) is 11.1. The summed E-state index contributed by atoms with van der Waals surface area (Å²) in [7, 11) is 1.65. The van der Waals surface area contributed by atoms with Crippen molar-refractivity contribution >= 4 is 5.97 Å². The molecule has 0 unspecified atom stereocenters. The lowest BCUT2D eigenvalue weighted by atomic mass is 10.2. The highest BCUT2D eigenvalue weighted by Gasteiger charge is 2.12. The maximum absolute atomic E-state index is 10.7.